The van der Waals surface area contributed by atoms with Crippen LogP contribution >= 0.6 is 0 Å². The van der Waals surface area contributed by atoms with Crippen LogP contribution in [0, 0.1) is 0 Å². The van der Waals surface area contributed by atoms with Crippen LogP contribution in [0.2, 0.25) is 0 Å². The number of nitrogens with zero attached hydrogens (tertiary/aromatic N) is 4. The lowest BCUT2D eigenvalue weighted by molar-refractivity contribution is 0.120. The fourth-order valence-electron chi connectivity index (χ4n) is 3.32. The smallest absolute Gasteiger partial charge is 0.250 e. The van der Waals surface area contributed by atoms with Gasteiger partial charge >= 0.3 is 0 Å². The van der Waals surface area contributed by atoms with Crippen molar-refractivity contribution in [1.29, 1.82) is 0 Å². The Morgan fingerprint density at radius 2 is 1.76 bits per heavy atom. The van der Waals surface area contributed by atoms with Gasteiger partial charge in [-0.05, 0) is 23.8 Å². The number of hydrogen-bond donors (Lipinski definition) is 0. The molecule has 0 unspecified atom stereocenters. The van der Waals surface area contributed by atoms with E-state index in [0.29, 0.717) is 0 Å². The van der Waals surface area contributed by atoms with E-state index in [9.17, 15) is 4.79 Å². The molecule has 0 spiro atoms. The number of aryl methyl sites for hydroxylation is 1. The van der Waals surface area contributed by atoms with Crippen LogP contribution in [-0.4, -0.2) is 45.7 Å². The Bertz CT molecular complexity index is 922. The number of aromatic nitrogens is 2. The minimum absolute atomic E-state index is 0.0500. The molecule has 3 aromatic rings. The summed E-state index contributed by atoms with van der Waals surface area (Å²) in [6.07, 6.45) is 1.84. The second-order valence-electron chi connectivity index (χ2n) is 6.66. The fourth-order valence-corrected chi connectivity index (χ4v) is 3.32. The molecule has 25 heavy (non-hydrogen) atoms. The molecule has 1 aromatic carbocycles. The summed E-state index contributed by atoms with van der Waals surface area (Å²) in [7, 11) is 1.78. The number of rotatable bonds is 4. The van der Waals surface area contributed by atoms with Gasteiger partial charge < -0.3 is 9.09 Å². The minimum Gasteiger partial charge on any atom is -0.356 e. The van der Waals surface area contributed by atoms with Gasteiger partial charge in [-0.2, -0.15) is 0 Å². The van der Waals surface area contributed by atoms with Crippen LogP contribution in [0.1, 0.15) is 11.3 Å². The van der Waals surface area contributed by atoms with Crippen molar-refractivity contribution < 1.29 is 4.52 Å². The molecule has 1 fully saturated rings. The summed E-state index contributed by atoms with van der Waals surface area (Å²) in [4.78, 5) is 16.5. The predicted molar refractivity (Wildman–Crippen MR) is 96.2 cm³/mol. The Morgan fingerprint density at radius 1 is 1.04 bits per heavy atom. The van der Waals surface area contributed by atoms with Crippen molar-refractivity contribution in [2.45, 2.75) is 13.1 Å². The summed E-state index contributed by atoms with van der Waals surface area (Å²) in [6, 6.07) is 11.8. The lowest BCUT2D eigenvalue weighted by Crippen LogP contribution is -2.45. The maximum atomic E-state index is 11.7. The molecule has 0 atom stereocenters. The largest absolute Gasteiger partial charge is 0.356 e. The molecular formula is C19H22N4O2. The first-order valence-corrected chi connectivity index (χ1v) is 8.62. The van der Waals surface area contributed by atoms with Gasteiger partial charge in [0.05, 0.1) is 0 Å². The van der Waals surface area contributed by atoms with Crippen molar-refractivity contribution in [2.75, 3.05) is 26.2 Å². The Balaban J connectivity index is 1.35. The monoisotopic (exact) mass is 338 g/mol. The fraction of sp³-hybridized carbons (Fsp3) is 0.368. The summed E-state index contributed by atoms with van der Waals surface area (Å²) in [6.45, 7) is 5.61. The highest BCUT2D eigenvalue weighted by Crippen LogP contribution is 2.20. The van der Waals surface area contributed by atoms with E-state index >= 15 is 0 Å². The Morgan fingerprint density at radius 3 is 2.52 bits per heavy atom. The molecule has 1 aliphatic heterocycles. The van der Waals surface area contributed by atoms with Crippen LogP contribution in [0.5, 0.6) is 0 Å². The molecule has 0 amide bonds. The molecule has 6 nitrogen and oxygen atoms in total. The van der Waals surface area contributed by atoms with E-state index in [4.69, 9.17) is 4.52 Å². The van der Waals surface area contributed by atoms with Crippen molar-refractivity contribution in [1.82, 2.24) is 19.5 Å². The Hall–Kier alpha value is -2.44. The molecule has 0 radical (unpaired) electrons. The van der Waals surface area contributed by atoms with Crippen molar-refractivity contribution in [3.05, 3.63) is 64.2 Å². The van der Waals surface area contributed by atoms with Crippen LogP contribution < -0.4 is 5.56 Å². The van der Waals surface area contributed by atoms with Gasteiger partial charge in [0.2, 0.25) is 0 Å². The molecule has 130 valence electrons. The van der Waals surface area contributed by atoms with Gasteiger partial charge in [0, 0.05) is 64.0 Å². The summed E-state index contributed by atoms with van der Waals surface area (Å²) in [5.41, 5.74) is 2.99. The first kappa shape index (κ1) is 16.1. The normalized spacial score (nSPS) is 16.5. The second kappa shape index (κ2) is 6.82. The summed E-state index contributed by atoms with van der Waals surface area (Å²) >= 11 is 0. The first-order chi connectivity index (χ1) is 12.2. The van der Waals surface area contributed by atoms with E-state index in [1.807, 2.05) is 30.5 Å². The third-order valence-corrected chi connectivity index (χ3v) is 4.87. The summed E-state index contributed by atoms with van der Waals surface area (Å²) in [5, 5.41) is 5.33. The lowest BCUT2D eigenvalue weighted by Gasteiger charge is -2.34. The van der Waals surface area contributed by atoms with Gasteiger partial charge in [-0.3, -0.25) is 14.6 Å². The van der Waals surface area contributed by atoms with Crippen molar-refractivity contribution in [3.8, 4) is 0 Å². The summed E-state index contributed by atoms with van der Waals surface area (Å²) < 4.78 is 6.99. The van der Waals surface area contributed by atoms with Crippen LogP contribution in [0.25, 0.3) is 11.0 Å². The zero-order valence-electron chi connectivity index (χ0n) is 14.4. The molecular weight excluding hydrogens is 316 g/mol. The maximum absolute atomic E-state index is 11.7. The predicted octanol–water partition coefficient (Wildman–Crippen LogP) is 1.84. The molecule has 3 heterocycles. The van der Waals surface area contributed by atoms with E-state index in [1.54, 1.807) is 17.7 Å². The molecule has 0 aliphatic carbocycles. The lowest BCUT2D eigenvalue weighted by atomic mass is 10.2. The highest BCUT2D eigenvalue weighted by Gasteiger charge is 2.19. The third-order valence-electron chi connectivity index (χ3n) is 4.87. The Labute approximate surface area is 146 Å². The van der Waals surface area contributed by atoms with Gasteiger partial charge in [-0.15, -0.1) is 0 Å². The number of piperazine rings is 1. The zero-order valence-corrected chi connectivity index (χ0v) is 14.4. The average Bonchev–Trinajstić information content (AvgIpc) is 3.03. The van der Waals surface area contributed by atoms with Gasteiger partial charge in [-0.1, -0.05) is 17.3 Å². The second-order valence-corrected chi connectivity index (χ2v) is 6.66. The highest BCUT2D eigenvalue weighted by molar-refractivity contribution is 5.79. The topological polar surface area (TPSA) is 54.5 Å². The molecule has 1 aliphatic rings. The number of para-hydroxylation sites is 1. The first-order valence-electron chi connectivity index (χ1n) is 8.62. The number of benzene rings is 1. The average molecular weight is 338 g/mol. The maximum Gasteiger partial charge on any atom is 0.250 e. The van der Waals surface area contributed by atoms with Crippen LogP contribution in [0.4, 0.5) is 0 Å². The number of hydrogen-bond acceptors (Lipinski definition) is 5. The van der Waals surface area contributed by atoms with Gasteiger partial charge in [0.15, 0.2) is 5.58 Å². The zero-order chi connectivity index (χ0) is 17.2. The van der Waals surface area contributed by atoms with E-state index in [0.717, 1.165) is 61.5 Å². The molecule has 1 saturated heterocycles. The van der Waals surface area contributed by atoms with Gasteiger partial charge in [0.25, 0.3) is 5.56 Å². The number of fused-ring (bicyclic) bond motifs is 1. The van der Waals surface area contributed by atoms with Gasteiger partial charge in [0.1, 0.15) is 5.69 Å². The minimum atomic E-state index is 0.0500. The van der Waals surface area contributed by atoms with E-state index in [2.05, 4.69) is 21.0 Å². The van der Waals surface area contributed by atoms with Crippen LogP contribution in [0.15, 0.2) is 51.9 Å². The van der Waals surface area contributed by atoms with Crippen LogP contribution in [0.3, 0.4) is 0 Å². The molecule has 4 rings (SSSR count). The van der Waals surface area contributed by atoms with Crippen molar-refractivity contribution >= 4 is 11.0 Å². The standard InChI is InChI=1S/C19H22N4O2/c1-21-7-6-15(12-19(21)24)13-22-8-10-23(11-9-22)14-17-16-4-2-3-5-18(16)25-20-17/h2-7,12H,8-11,13-14H2,1H3. The van der Waals surface area contributed by atoms with E-state index in [-0.39, 0.29) is 5.56 Å². The molecule has 0 N–H and O–H groups in total. The quantitative estimate of drug-likeness (QED) is 0.727. The third kappa shape index (κ3) is 3.50. The molecule has 6 heteroatoms. The van der Waals surface area contributed by atoms with E-state index in [1.165, 1.54) is 0 Å². The SMILES string of the molecule is Cn1ccc(CN2CCN(Cc3noc4ccccc34)CC2)cc1=O. The van der Waals surface area contributed by atoms with Crippen LogP contribution in [-0.2, 0) is 20.1 Å². The number of pyridine rings is 1. The Kier molecular flexibility index (Phi) is 4.38. The summed E-state index contributed by atoms with van der Waals surface area (Å²) in [5.74, 6) is 0. The molecule has 0 bridgehead atoms. The molecule has 2 aromatic heterocycles. The van der Waals surface area contributed by atoms with Crippen molar-refractivity contribution in [2.24, 2.45) is 7.05 Å². The molecule has 0 saturated carbocycles. The van der Waals surface area contributed by atoms with Crippen molar-refractivity contribution in [3.63, 3.8) is 0 Å². The van der Waals surface area contributed by atoms with E-state index < -0.39 is 0 Å². The highest BCUT2D eigenvalue weighted by atomic mass is 16.5. The van der Waals surface area contributed by atoms with Gasteiger partial charge in [-0.25, -0.2) is 0 Å².